The van der Waals surface area contributed by atoms with Gasteiger partial charge >= 0.3 is 0 Å². The maximum atomic E-state index is 11.8. The van der Waals surface area contributed by atoms with Gasteiger partial charge < -0.3 is 5.73 Å². The van der Waals surface area contributed by atoms with Crippen LogP contribution < -0.4 is 5.73 Å². The number of imidazole rings is 1. The Bertz CT molecular complexity index is 1010. The van der Waals surface area contributed by atoms with E-state index >= 15 is 0 Å². The molecule has 0 bridgehead atoms. The number of aryl methyl sites for hydroxylation is 1. The number of rotatable bonds is 2. The first-order valence-electron chi connectivity index (χ1n) is 7.28. The van der Waals surface area contributed by atoms with Gasteiger partial charge in [-0.3, -0.25) is 14.3 Å². The van der Waals surface area contributed by atoms with Gasteiger partial charge in [0.15, 0.2) is 0 Å². The smallest absolute Gasteiger partial charge is 0.285 e. The Morgan fingerprint density at radius 3 is 2.60 bits per heavy atom. The summed E-state index contributed by atoms with van der Waals surface area (Å²) in [6.07, 6.45) is 3.16. The van der Waals surface area contributed by atoms with E-state index < -0.39 is 5.91 Å². The number of nitrogens with two attached hydrogens (primary N) is 1. The molecule has 0 fully saturated rings. The summed E-state index contributed by atoms with van der Waals surface area (Å²) < 4.78 is 1.63. The Hall–Kier alpha value is -3.24. The summed E-state index contributed by atoms with van der Waals surface area (Å²) >= 11 is 5.74. The molecule has 3 heterocycles. The van der Waals surface area contributed by atoms with E-state index in [0.717, 1.165) is 5.69 Å². The molecule has 0 aliphatic carbocycles. The average molecular weight is 353 g/mol. The van der Waals surface area contributed by atoms with Crippen molar-refractivity contribution in [3.63, 3.8) is 0 Å². The first kappa shape index (κ1) is 16.6. The van der Waals surface area contributed by atoms with Crippen LogP contribution in [0.5, 0.6) is 0 Å². The van der Waals surface area contributed by atoms with E-state index in [9.17, 15) is 4.79 Å². The zero-order chi connectivity index (χ0) is 18.0. The topological polar surface area (TPSA) is 99.6 Å². The van der Waals surface area contributed by atoms with Crippen LogP contribution in [0.4, 0.5) is 0 Å². The standard InChI is InChI=1S/C17H13ClN6O/c1-10-3-5-13(9-21-10)24-11(2)14(23-16(24)15(19)25)6-4-12-7-8-20-17(18)22-12/h3,5,7-9H,1-2H3,(H2,19,25). The van der Waals surface area contributed by atoms with Gasteiger partial charge in [0.05, 0.1) is 17.6 Å². The first-order valence-corrected chi connectivity index (χ1v) is 7.66. The Morgan fingerprint density at radius 2 is 1.96 bits per heavy atom. The van der Waals surface area contributed by atoms with Crippen molar-refractivity contribution in [1.29, 1.82) is 0 Å². The van der Waals surface area contributed by atoms with E-state index in [1.54, 1.807) is 23.8 Å². The normalized spacial score (nSPS) is 10.2. The predicted molar refractivity (Wildman–Crippen MR) is 92.4 cm³/mol. The number of pyridine rings is 1. The number of halogens is 1. The molecule has 0 spiro atoms. The summed E-state index contributed by atoms with van der Waals surface area (Å²) in [6.45, 7) is 3.68. The lowest BCUT2D eigenvalue weighted by molar-refractivity contribution is 0.0988. The molecule has 0 unspecified atom stereocenters. The van der Waals surface area contributed by atoms with Gasteiger partial charge in [-0.1, -0.05) is 0 Å². The summed E-state index contributed by atoms with van der Waals surface area (Å²) in [6, 6.07) is 5.31. The van der Waals surface area contributed by atoms with Gasteiger partial charge in [-0.25, -0.2) is 15.0 Å². The first-order chi connectivity index (χ1) is 12.0. The summed E-state index contributed by atoms with van der Waals surface area (Å²) in [4.78, 5) is 28.1. The van der Waals surface area contributed by atoms with Crippen molar-refractivity contribution in [2.24, 2.45) is 5.73 Å². The third kappa shape index (κ3) is 3.49. The number of primary amides is 1. The molecule has 0 aliphatic rings. The van der Waals surface area contributed by atoms with Gasteiger partial charge in [0.25, 0.3) is 5.91 Å². The largest absolute Gasteiger partial charge is 0.363 e. The zero-order valence-corrected chi connectivity index (χ0v) is 14.2. The SMILES string of the molecule is Cc1ccc(-n2c(C(N)=O)nc(C#Cc3ccnc(Cl)n3)c2C)cn1. The minimum Gasteiger partial charge on any atom is -0.363 e. The van der Waals surface area contributed by atoms with E-state index in [1.807, 2.05) is 19.1 Å². The minimum atomic E-state index is -0.651. The highest BCUT2D eigenvalue weighted by molar-refractivity contribution is 6.28. The second kappa shape index (κ2) is 6.71. The average Bonchev–Trinajstić information content (AvgIpc) is 2.91. The maximum Gasteiger partial charge on any atom is 0.285 e. The van der Waals surface area contributed by atoms with Gasteiger partial charge in [-0.05, 0) is 55.5 Å². The van der Waals surface area contributed by atoms with E-state index in [-0.39, 0.29) is 11.1 Å². The zero-order valence-electron chi connectivity index (χ0n) is 13.5. The molecule has 2 N–H and O–H groups in total. The highest BCUT2D eigenvalue weighted by atomic mass is 35.5. The van der Waals surface area contributed by atoms with Crippen LogP contribution in [-0.2, 0) is 0 Å². The quantitative estimate of drug-likeness (QED) is 0.560. The monoisotopic (exact) mass is 352 g/mol. The van der Waals surface area contributed by atoms with Gasteiger partial charge in [-0.2, -0.15) is 0 Å². The van der Waals surface area contributed by atoms with E-state index in [2.05, 4.69) is 31.8 Å². The van der Waals surface area contributed by atoms with Crippen molar-refractivity contribution < 1.29 is 4.79 Å². The Balaban J connectivity index is 2.10. The molecule has 0 saturated heterocycles. The Morgan fingerprint density at radius 1 is 1.16 bits per heavy atom. The van der Waals surface area contributed by atoms with Crippen molar-refractivity contribution in [1.82, 2.24) is 24.5 Å². The predicted octanol–water partition coefficient (Wildman–Crippen LogP) is 1.83. The van der Waals surface area contributed by atoms with Crippen LogP contribution in [0, 0.1) is 25.7 Å². The van der Waals surface area contributed by atoms with E-state index in [1.165, 1.54) is 6.20 Å². The van der Waals surface area contributed by atoms with Crippen molar-refractivity contribution in [2.45, 2.75) is 13.8 Å². The number of hydrogen-bond donors (Lipinski definition) is 1. The van der Waals surface area contributed by atoms with Gasteiger partial charge in [-0.15, -0.1) is 0 Å². The number of amides is 1. The van der Waals surface area contributed by atoms with Crippen LogP contribution in [0.3, 0.4) is 0 Å². The van der Waals surface area contributed by atoms with Crippen LogP contribution in [-0.4, -0.2) is 30.4 Å². The molecular formula is C17H13ClN6O. The highest BCUT2D eigenvalue weighted by Gasteiger charge is 2.18. The molecule has 124 valence electrons. The molecule has 8 heteroatoms. The maximum absolute atomic E-state index is 11.8. The molecule has 0 aliphatic heterocycles. The Kier molecular flexibility index (Phi) is 4.46. The highest BCUT2D eigenvalue weighted by Crippen LogP contribution is 2.17. The third-order valence-corrected chi connectivity index (χ3v) is 3.60. The van der Waals surface area contributed by atoms with Crippen LogP contribution >= 0.6 is 11.6 Å². The lowest BCUT2D eigenvalue weighted by Crippen LogP contribution is -2.18. The number of carbonyl (C=O) groups is 1. The summed E-state index contributed by atoms with van der Waals surface area (Å²) in [5.74, 6) is 5.19. The molecule has 0 atom stereocenters. The summed E-state index contributed by atoms with van der Waals surface area (Å²) in [7, 11) is 0. The number of nitrogens with zero attached hydrogens (tertiary/aromatic N) is 5. The number of aromatic nitrogens is 5. The molecule has 25 heavy (non-hydrogen) atoms. The van der Waals surface area contributed by atoms with Gasteiger partial charge in [0.1, 0.15) is 11.4 Å². The molecule has 3 aromatic heterocycles. The fourth-order valence-electron chi connectivity index (χ4n) is 2.22. The summed E-state index contributed by atoms with van der Waals surface area (Å²) in [5.41, 5.74) is 8.55. The van der Waals surface area contributed by atoms with Crippen LogP contribution in [0.15, 0.2) is 30.6 Å². The molecule has 7 nitrogen and oxygen atoms in total. The molecule has 3 aromatic rings. The van der Waals surface area contributed by atoms with Crippen molar-refractivity contribution in [2.75, 3.05) is 0 Å². The number of carbonyl (C=O) groups excluding carboxylic acids is 1. The van der Waals surface area contributed by atoms with Crippen LogP contribution in [0.2, 0.25) is 5.28 Å². The lowest BCUT2D eigenvalue weighted by atomic mass is 10.3. The van der Waals surface area contributed by atoms with Crippen LogP contribution in [0.1, 0.15) is 33.4 Å². The van der Waals surface area contributed by atoms with Gasteiger partial charge in [0.2, 0.25) is 11.1 Å². The van der Waals surface area contributed by atoms with Crippen molar-refractivity contribution in [3.05, 3.63) is 64.5 Å². The fourth-order valence-corrected chi connectivity index (χ4v) is 2.37. The van der Waals surface area contributed by atoms with Crippen molar-refractivity contribution in [3.8, 4) is 17.5 Å². The second-order valence-corrected chi connectivity index (χ2v) is 5.53. The lowest BCUT2D eigenvalue weighted by Gasteiger charge is -2.07. The molecular weight excluding hydrogens is 340 g/mol. The number of hydrogen-bond acceptors (Lipinski definition) is 5. The molecule has 0 saturated carbocycles. The molecule has 3 rings (SSSR count). The minimum absolute atomic E-state index is 0.0909. The second-order valence-electron chi connectivity index (χ2n) is 5.19. The molecule has 0 radical (unpaired) electrons. The van der Waals surface area contributed by atoms with Gasteiger partial charge in [0, 0.05) is 11.9 Å². The van der Waals surface area contributed by atoms with E-state index in [0.29, 0.717) is 22.8 Å². The van der Waals surface area contributed by atoms with Crippen LogP contribution in [0.25, 0.3) is 5.69 Å². The summed E-state index contributed by atoms with van der Waals surface area (Å²) in [5, 5.41) is 0.109. The Labute approximate surface area is 148 Å². The molecule has 0 aromatic carbocycles. The van der Waals surface area contributed by atoms with Crippen molar-refractivity contribution >= 4 is 17.5 Å². The third-order valence-electron chi connectivity index (χ3n) is 3.42. The molecule has 1 amide bonds. The fraction of sp³-hybridized carbons (Fsp3) is 0.118. The van der Waals surface area contributed by atoms with E-state index in [4.69, 9.17) is 17.3 Å².